The number of hydrogen-bond donors (Lipinski definition) is 2. The van der Waals surface area contributed by atoms with E-state index in [1.54, 1.807) is 6.08 Å². The van der Waals surface area contributed by atoms with Crippen molar-refractivity contribution in [3.05, 3.63) is 225 Å². The van der Waals surface area contributed by atoms with Crippen LogP contribution in [0.1, 0.15) is 11.1 Å². The van der Waals surface area contributed by atoms with Crippen LogP contribution in [-0.4, -0.2) is 15.8 Å². The van der Waals surface area contributed by atoms with Crippen molar-refractivity contribution >= 4 is 68.1 Å². The largest absolute Gasteiger partial charge is 0.355 e. The predicted molar refractivity (Wildman–Crippen MR) is 251 cm³/mol. The Morgan fingerprint density at radius 1 is 0.610 bits per heavy atom. The zero-order chi connectivity index (χ0) is 40.1. The quantitative estimate of drug-likeness (QED) is 0.0963. The van der Waals surface area contributed by atoms with Gasteiger partial charge in [0.05, 0.1) is 16.7 Å². The normalized spacial score (nSPS) is 11.4. The van der Waals surface area contributed by atoms with Gasteiger partial charge in [-0.25, -0.2) is 0 Å². The van der Waals surface area contributed by atoms with Gasteiger partial charge >= 0.3 is 0 Å². The summed E-state index contributed by atoms with van der Waals surface area (Å²) in [7, 11) is 0. The first kappa shape index (κ1) is 36.6. The first-order valence-electron chi connectivity index (χ1n) is 19.6. The van der Waals surface area contributed by atoms with Gasteiger partial charge < -0.3 is 20.2 Å². The van der Waals surface area contributed by atoms with Gasteiger partial charge in [-0.05, 0) is 113 Å². The second-order valence-electron chi connectivity index (χ2n) is 14.2. The SMILES string of the molecule is C=C/C=C(\C=N)c1ccc(N(c2ccc(-c3ccc4c(c3)c3ccc(Nc5ccccc5)c(C=C)c3n4-c3ccccc3)cc2)c2ccc(-c3ccccn3)cc2)cc1. The Morgan fingerprint density at radius 2 is 1.24 bits per heavy atom. The number of nitrogens with one attached hydrogen (secondary N) is 2. The molecule has 5 nitrogen and oxygen atoms in total. The fourth-order valence-corrected chi connectivity index (χ4v) is 7.87. The van der Waals surface area contributed by atoms with Gasteiger partial charge in [0, 0.05) is 68.4 Å². The molecule has 0 unspecified atom stereocenters. The number of anilines is 5. The standard InChI is InChI=1S/C54H41N5/c1-3-13-42(37-55)39-21-28-46(29-22-39)58(47-30-23-40(24-31-47)51-18-11-12-35-56-51)45-26-19-38(20-27-45)41-25-34-53-50(36-41)49-32-33-52(57-43-14-7-5-8-15-43)48(4-2)54(49)59(53)44-16-9-6-10-17-44/h3-37,55,57H,1-2H2/b42-13+,55-37?. The van der Waals surface area contributed by atoms with Crippen LogP contribution in [-0.2, 0) is 0 Å². The van der Waals surface area contributed by atoms with Crippen molar-refractivity contribution in [2.75, 3.05) is 10.2 Å². The van der Waals surface area contributed by atoms with Crippen LogP contribution in [0.5, 0.6) is 0 Å². The fraction of sp³-hybridized carbons (Fsp3) is 0. The number of aromatic nitrogens is 2. The minimum absolute atomic E-state index is 0.802. The molecular formula is C54H41N5. The van der Waals surface area contributed by atoms with Crippen LogP contribution in [0.25, 0.3) is 61.5 Å². The van der Waals surface area contributed by atoms with E-state index in [9.17, 15) is 0 Å². The third kappa shape index (κ3) is 7.14. The van der Waals surface area contributed by atoms with Crippen LogP contribution >= 0.6 is 0 Å². The Bertz CT molecular complexity index is 2960. The van der Waals surface area contributed by atoms with Gasteiger partial charge in [0.25, 0.3) is 0 Å². The Balaban J connectivity index is 1.13. The molecule has 0 aliphatic heterocycles. The van der Waals surface area contributed by atoms with E-state index in [1.165, 1.54) is 11.6 Å². The van der Waals surface area contributed by atoms with Crippen LogP contribution in [0.3, 0.4) is 0 Å². The minimum Gasteiger partial charge on any atom is -0.355 e. The molecule has 0 saturated carbocycles. The van der Waals surface area contributed by atoms with Crippen LogP contribution in [0.2, 0.25) is 0 Å². The van der Waals surface area contributed by atoms with E-state index in [0.717, 1.165) is 89.6 Å². The van der Waals surface area contributed by atoms with Gasteiger partial charge in [-0.2, -0.15) is 0 Å². The molecular weight excluding hydrogens is 719 g/mol. The molecule has 0 saturated heterocycles. The van der Waals surface area contributed by atoms with E-state index in [1.807, 2.05) is 54.7 Å². The van der Waals surface area contributed by atoms with Crippen molar-refractivity contribution in [1.82, 2.24) is 9.55 Å². The second kappa shape index (κ2) is 16.2. The van der Waals surface area contributed by atoms with Gasteiger partial charge in [0.15, 0.2) is 0 Å². The van der Waals surface area contributed by atoms with Gasteiger partial charge in [-0.1, -0.05) is 122 Å². The Kier molecular flexibility index (Phi) is 10.1. The Hall–Kier alpha value is -8.02. The van der Waals surface area contributed by atoms with Crippen LogP contribution in [0.15, 0.2) is 213 Å². The lowest BCUT2D eigenvalue weighted by Crippen LogP contribution is -2.10. The van der Waals surface area contributed by atoms with Crippen molar-refractivity contribution < 1.29 is 0 Å². The average molecular weight is 760 g/mol. The number of pyridine rings is 1. The first-order chi connectivity index (χ1) is 29.1. The lowest BCUT2D eigenvalue weighted by Gasteiger charge is -2.26. The highest BCUT2D eigenvalue weighted by Crippen LogP contribution is 2.41. The van der Waals surface area contributed by atoms with Crippen LogP contribution in [0.4, 0.5) is 28.4 Å². The molecule has 0 fully saturated rings. The van der Waals surface area contributed by atoms with Gasteiger partial charge in [-0.3, -0.25) is 4.98 Å². The number of nitrogens with zero attached hydrogens (tertiary/aromatic N) is 3. The topological polar surface area (TPSA) is 56.9 Å². The van der Waals surface area contributed by atoms with E-state index in [4.69, 9.17) is 5.41 Å². The molecule has 0 bridgehead atoms. The summed E-state index contributed by atoms with van der Waals surface area (Å²) in [6.45, 7) is 8.11. The summed E-state index contributed by atoms with van der Waals surface area (Å²) in [5.41, 5.74) is 15.5. The molecule has 59 heavy (non-hydrogen) atoms. The second-order valence-corrected chi connectivity index (χ2v) is 14.2. The molecule has 0 aliphatic rings. The maximum absolute atomic E-state index is 7.92. The van der Waals surface area contributed by atoms with Gasteiger partial charge in [0.2, 0.25) is 0 Å². The van der Waals surface area contributed by atoms with Crippen molar-refractivity contribution in [2.45, 2.75) is 0 Å². The summed E-state index contributed by atoms with van der Waals surface area (Å²) < 4.78 is 2.35. The molecule has 0 aliphatic carbocycles. The minimum atomic E-state index is 0.802. The summed E-state index contributed by atoms with van der Waals surface area (Å²) in [5.74, 6) is 0. The van der Waals surface area contributed by atoms with Gasteiger partial charge in [-0.15, -0.1) is 0 Å². The molecule has 0 atom stereocenters. The molecule has 0 radical (unpaired) electrons. The predicted octanol–water partition coefficient (Wildman–Crippen LogP) is 14.6. The van der Waals surface area contributed by atoms with E-state index < -0.39 is 0 Å². The molecule has 7 aromatic carbocycles. The first-order valence-corrected chi connectivity index (χ1v) is 19.6. The lowest BCUT2D eigenvalue weighted by atomic mass is 10.0. The zero-order valence-corrected chi connectivity index (χ0v) is 32.5. The number of rotatable bonds is 12. The fourth-order valence-electron chi connectivity index (χ4n) is 7.87. The average Bonchev–Trinajstić information content (AvgIpc) is 3.63. The molecule has 2 heterocycles. The lowest BCUT2D eigenvalue weighted by molar-refractivity contribution is 1.18. The molecule has 5 heteroatoms. The van der Waals surface area contributed by atoms with Crippen molar-refractivity contribution in [1.29, 1.82) is 5.41 Å². The third-order valence-corrected chi connectivity index (χ3v) is 10.7. The van der Waals surface area contributed by atoms with Crippen molar-refractivity contribution in [3.8, 4) is 28.1 Å². The summed E-state index contributed by atoms with van der Waals surface area (Å²) in [6.07, 6.45) is 8.70. The Labute approximate surface area is 344 Å². The molecule has 2 N–H and O–H groups in total. The highest BCUT2D eigenvalue weighted by molar-refractivity contribution is 6.14. The van der Waals surface area contributed by atoms with E-state index in [0.29, 0.717) is 0 Å². The van der Waals surface area contributed by atoms with Crippen molar-refractivity contribution in [3.63, 3.8) is 0 Å². The third-order valence-electron chi connectivity index (χ3n) is 10.7. The smallest absolute Gasteiger partial charge is 0.0701 e. The highest BCUT2D eigenvalue weighted by Gasteiger charge is 2.19. The summed E-state index contributed by atoms with van der Waals surface area (Å²) >= 11 is 0. The monoisotopic (exact) mass is 759 g/mol. The number of hydrogen-bond acceptors (Lipinski definition) is 4. The van der Waals surface area contributed by atoms with E-state index in [2.05, 4.69) is 179 Å². The number of allylic oxidation sites excluding steroid dienone is 3. The molecule has 9 rings (SSSR count). The summed E-state index contributed by atoms with van der Waals surface area (Å²) in [4.78, 5) is 6.81. The maximum Gasteiger partial charge on any atom is 0.0701 e. The number of fused-ring (bicyclic) bond motifs is 3. The number of para-hydroxylation sites is 2. The molecule has 0 amide bonds. The van der Waals surface area contributed by atoms with Crippen molar-refractivity contribution in [2.24, 2.45) is 0 Å². The van der Waals surface area contributed by atoms with Crippen LogP contribution < -0.4 is 10.2 Å². The summed E-state index contributed by atoms with van der Waals surface area (Å²) in [6, 6.07) is 63.5. The summed E-state index contributed by atoms with van der Waals surface area (Å²) in [5, 5.41) is 13.9. The van der Waals surface area contributed by atoms with Crippen LogP contribution in [0, 0.1) is 5.41 Å². The number of benzene rings is 7. The molecule has 9 aromatic rings. The molecule has 2 aromatic heterocycles. The van der Waals surface area contributed by atoms with Gasteiger partial charge in [0.1, 0.15) is 0 Å². The Morgan fingerprint density at radius 3 is 1.86 bits per heavy atom. The molecule has 282 valence electrons. The highest BCUT2D eigenvalue weighted by atomic mass is 15.1. The molecule has 0 spiro atoms. The van der Waals surface area contributed by atoms with E-state index in [-0.39, 0.29) is 0 Å². The zero-order valence-electron chi connectivity index (χ0n) is 32.5. The maximum atomic E-state index is 7.92. The van der Waals surface area contributed by atoms with E-state index >= 15 is 0 Å².